The number of anilines is 1. The highest BCUT2D eigenvalue weighted by Crippen LogP contribution is 2.26. The zero-order valence-electron chi connectivity index (χ0n) is 13.1. The molecule has 2 aromatic carbocycles. The maximum atomic E-state index is 12.9. The SMILES string of the molecule is CCN(C)C(=O)c1ccc(Cl)c(NS(=O)(=O)c2ccc(F)cc2)c1. The number of carbonyl (C=O) groups is 1. The van der Waals surface area contributed by atoms with Gasteiger partial charge in [0.15, 0.2) is 0 Å². The first-order valence-electron chi connectivity index (χ1n) is 7.08. The van der Waals surface area contributed by atoms with E-state index in [1.807, 2.05) is 6.92 Å². The van der Waals surface area contributed by atoms with Crippen molar-refractivity contribution in [2.75, 3.05) is 18.3 Å². The van der Waals surface area contributed by atoms with E-state index in [9.17, 15) is 17.6 Å². The van der Waals surface area contributed by atoms with Gasteiger partial charge < -0.3 is 4.90 Å². The highest BCUT2D eigenvalue weighted by molar-refractivity contribution is 7.92. The molecule has 8 heteroatoms. The van der Waals surface area contributed by atoms with Gasteiger partial charge in [0.25, 0.3) is 15.9 Å². The van der Waals surface area contributed by atoms with E-state index in [1.165, 1.54) is 23.1 Å². The second-order valence-electron chi connectivity index (χ2n) is 5.07. The van der Waals surface area contributed by atoms with Crippen LogP contribution >= 0.6 is 11.6 Å². The third kappa shape index (κ3) is 4.04. The average molecular weight is 371 g/mol. The number of amides is 1. The van der Waals surface area contributed by atoms with Crippen molar-refractivity contribution in [2.45, 2.75) is 11.8 Å². The van der Waals surface area contributed by atoms with Gasteiger partial charge >= 0.3 is 0 Å². The number of nitrogens with one attached hydrogen (secondary N) is 1. The Morgan fingerprint density at radius 1 is 1.21 bits per heavy atom. The van der Waals surface area contributed by atoms with Gasteiger partial charge in [0.05, 0.1) is 15.6 Å². The maximum absolute atomic E-state index is 12.9. The molecule has 0 saturated carbocycles. The first kappa shape index (κ1) is 18.2. The predicted octanol–water partition coefficient (Wildman–Crippen LogP) is 3.37. The molecule has 0 fully saturated rings. The molecule has 0 saturated heterocycles. The van der Waals surface area contributed by atoms with Crippen LogP contribution in [0.3, 0.4) is 0 Å². The molecule has 0 unspecified atom stereocenters. The summed E-state index contributed by atoms with van der Waals surface area (Å²) in [5, 5.41) is 0.149. The van der Waals surface area contributed by atoms with Crippen LogP contribution in [0.25, 0.3) is 0 Å². The molecule has 0 aromatic heterocycles. The van der Waals surface area contributed by atoms with E-state index in [-0.39, 0.29) is 21.5 Å². The molecule has 0 heterocycles. The van der Waals surface area contributed by atoms with Crippen molar-refractivity contribution in [1.29, 1.82) is 0 Å². The molecule has 24 heavy (non-hydrogen) atoms. The highest BCUT2D eigenvalue weighted by atomic mass is 35.5. The minimum absolute atomic E-state index is 0.0799. The fourth-order valence-corrected chi connectivity index (χ4v) is 3.21. The summed E-state index contributed by atoms with van der Waals surface area (Å²) in [4.78, 5) is 13.6. The summed E-state index contributed by atoms with van der Waals surface area (Å²) in [7, 11) is -2.31. The molecule has 1 amide bonds. The van der Waals surface area contributed by atoms with Crippen molar-refractivity contribution < 1.29 is 17.6 Å². The van der Waals surface area contributed by atoms with Crippen LogP contribution in [0.2, 0.25) is 5.02 Å². The van der Waals surface area contributed by atoms with E-state index in [0.717, 1.165) is 24.3 Å². The van der Waals surface area contributed by atoms with Gasteiger partial charge in [-0.05, 0) is 49.4 Å². The molecule has 128 valence electrons. The predicted molar refractivity (Wildman–Crippen MR) is 91.3 cm³/mol. The van der Waals surface area contributed by atoms with E-state index < -0.39 is 15.8 Å². The number of carbonyl (C=O) groups excluding carboxylic acids is 1. The second kappa shape index (κ2) is 7.19. The number of rotatable bonds is 5. The largest absolute Gasteiger partial charge is 0.342 e. The summed E-state index contributed by atoms with van der Waals surface area (Å²) in [6.07, 6.45) is 0. The van der Waals surface area contributed by atoms with Crippen molar-refractivity contribution >= 4 is 33.2 Å². The summed E-state index contributed by atoms with van der Waals surface area (Å²) >= 11 is 6.02. The molecule has 1 N–H and O–H groups in total. The molecular weight excluding hydrogens is 355 g/mol. The molecule has 0 aliphatic heterocycles. The lowest BCUT2D eigenvalue weighted by atomic mass is 10.2. The van der Waals surface area contributed by atoms with E-state index >= 15 is 0 Å². The Morgan fingerprint density at radius 2 is 1.83 bits per heavy atom. The van der Waals surface area contributed by atoms with Gasteiger partial charge in [-0.25, -0.2) is 12.8 Å². The number of sulfonamides is 1. The van der Waals surface area contributed by atoms with Crippen LogP contribution < -0.4 is 4.72 Å². The van der Waals surface area contributed by atoms with E-state index in [0.29, 0.717) is 12.1 Å². The summed E-state index contributed by atoms with van der Waals surface area (Å²) in [5.41, 5.74) is 0.386. The number of hydrogen-bond donors (Lipinski definition) is 1. The first-order chi connectivity index (χ1) is 11.2. The number of halogens is 2. The van der Waals surface area contributed by atoms with Gasteiger partial charge in [0.1, 0.15) is 5.82 Å². The van der Waals surface area contributed by atoms with Gasteiger partial charge in [0.2, 0.25) is 0 Å². The quantitative estimate of drug-likeness (QED) is 0.877. The second-order valence-corrected chi connectivity index (χ2v) is 7.16. The lowest BCUT2D eigenvalue weighted by Gasteiger charge is -2.16. The van der Waals surface area contributed by atoms with Crippen LogP contribution in [0.1, 0.15) is 17.3 Å². The fourth-order valence-electron chi connectivity index (χ4n) is 1.92. The molecule has 5 nitrogen and oxygen atoms in total. The molecule has 0 bridgehead atoms. The molecule has 0 spiro atoms. The summed E-state index contributed by atoms with van der Waals surface area (Å²) in [6, 6.07) is 8.72. The number of benzene rings is 2. The Kier molecular flexibility index (Phi) is 5.46. The van der Waals surface area contributed by atoms with Crippen LogP contribution in [-0.4, -0.2) is 32.8 Å². The lowest BCUT2D eigenvalue weighted by molar-refractivity contribution is 0.0802. The molecule has 0 radical (unpaired) electrons. The molecular formula is C16H16ClFN2O3S. The third-order valence-corrected chi connectivity index (χ3v) is 5.11. The number of nitrogens with zero attached hydrogens (tertiary/aromatic N) is 1. The summed E-state index contributed by atoms with van der Waals surface area (Å²) in [6.45, 7) is 2.34. The molecule has 0 aliphatic rings. The van der Waals surface area contributed by atoms with Crippen molar-refractivity contribution in [1.82, 2.24) is 4.90 Å². The molecule has 0 atom stereocenters. The van der Waals surface area contributed by atoms with Gasteiger partial charge in [0, 0.05) is 19.2 Å². The standard InChI is InChI=1S/C16H16ClFN2O3S/c1-3-20(2)16(21)11-4-9-14(17)15(10-11)19-24(22,23)13-7-5-12(18)6-8-13/h4-10,19H,3H2,1-2H3. The van der Waals surface area contributed by atoms with Gasteiger partial charge in [-0.1, -0.05) is 11.6 Å². The Labute approximate surface area is 145 Å². The van der Waals surface area contributed by atoms with Crippen LogP contribution in [-0.2, 0) is 10.0 Å². The van der Waals surface area contributed by atoms with Crippen molar-refractivity contribution in [3.63, 3.8) is 0 Å². The van der Waals surface area contributed by atoms with Crippen molar-refractivity contribution in [3.05, 3.63) is 58.9 Å². The monoisotopic (exact) mass is 370 g/mol. The van der Waals surface area contributed by atoms with Crippen LogP contribution in [0.5, 0.6) is 0 Å². The third-order valence-electron chi connectivity index (χ3n) is 3.40. The van der Waals surface area contributed by atoms with Crippen LogP contribution in [0.15, 0.2) is 47.4 Å². The van der Waals surface area contributed by atoms with Gasteiger partial charge in [-0.2, -0.15) is 0 Å². The Balaban J connectivity index is 2.35. The smallest absolute Gasteiger partial charge is 0.261 e. The highest BCUT2D eigenvalue weighted by Gasteiger charge is 2.18. The van der Waals surface area contributed by atoms with Gasteiger partial charge in [-0.15, -0.1) is 0 Å². The van der Waals surface area contributed by atoms with E-state index in [1.54, 1.807) is 7.05 Å². The first-order valence-corrected chi connectivity index (χ1v) is 8.94. The summed E-state index contributed by atoms with van der Waals surface area (Å²) in [5.74, 6) is -0.793. The molecule has 0 aliphatic carbocycles. The lowest BCUT2D eigenvalue weighted by Crippen LogP contribution is -2.26. The topological polar surface area (TPSA) is 66.5 Å². The van der Waals surface area contributed by atoms with Crippen LogP contribution in [0.4, 0.5) is 10.1 Å². The van der Waals surface area contributed by atoms with Gasteiger partial charge in [-0.3, -0.25) is 9.52 Å². The van der Waals surface area contributed by atoms with E-state index in [4.69, 9.17) is 11.6 Å². The fraction of sp³-hybridized carbons (Fsp3) is 0.188. The Morgan fingerprint density at radius 3 is 2.42 bits per heavy atom. The zero-order valence-corrected chi connectivity index (χ0v) is 14.7. The normalized spacial score (nSPS) is 11.2. The Hall–Kier alpha value is -2.12. The average Bonchev–Trinajstić information content (AvgIpc) is 2.55. The Bertz CT molecular complexity index is 854. The van der Waals surface area contributed by atoms with Crippen molar-refractivity contribution in [2.24, 2.45) is 0 Å². The zero-order chi connectivity index (χ0) is 17.9. The minimum Gasteiger partial charge on any atom is -0.342 e. The van der Waals surface area contributed by atoms with Crippen LogP contribution in [0, 0.1) is 5.82 Å². The minimum atomic E-state index is -3.95. The summed E-state index contributed by atoms with van der Waals surface area (Å²) < 4.78 is 40.0. The van der Waals surface area contributed by atoms with E-state index in [2.05, 4.69) is 4.72 Å². The van der Waals surface area contributed by atoms with Crippen molar-refractivity contribution in [3.8, 4) is 0 Å². The number of hydrogen-bond acceptors (Lipinski definition) is 3. The molecule has 2 rings (SSSR count). The molecule has 2 aromatic rings. The maximum Gasteiger partial charge on any atom is 0.261 e.